The van der Waals surface area contributed by atoms with Crippen molar-refractivity contribution < 1.29 is 0 Å². The maximum absolute atomic E-state index is 4.52. The second-order valence-electron chi connectivity index (χ2n) is 4.27. The van der Waals surface area contributed by atoms with Gasteiger partial charge in [-0.3, -0.25) is 0 Å². The maximum atomic E-state index is 4.52. The van der Waals surface area contributed by atoms with Gasteiger partial charge in [0.2, 0.25) is 5.95 Å². The Labute approximate surface area is 130 Å². The first kappa shape index (κ1) is 13.1. The van der Waals surface area contributed by atoms with E-state index in [2.05, 4.69) is 49.3 Å². The molecule has 20 heavy (non-hydrogen) atoms. The number of halogens is 1. The second-order valence-corrected chi connectivity index (χ2v) is 5.43. The van der Waals surface area contributed by atoms with Crippen LogP contribution in [-0.4, -0.2) is 17.0 Å². The SMILES string of the molecule is CNc1nc(Nc2ccccc2I)c2ccccc2n1. The number of nitrogens with zero attached hydrogens (tertiary/aromatic N) is 2. The zero-order valence-electron chi connectivity index (χ0n) is 10.9. The Balaban J connectivity index is 2.13. The number of benzene rings is 2. The lowest BCUT2D eigenvalue weighted by Gasteiger charge is -2.11. The predicted molar refractivity (Wildman–Crippen MR) is 91.5 cm³/mol. The van der Waals surface area contributed by atoms with E-state index in [1.807, 2.05) is 49.5 Å². The number of nitrogens with one attached hydrogen (secondary N) is 2. The summed E-state index contributed by atoms with van der Waals surface area (Å²) in [5.41, 5.74) is 1.96. The average Bonchev–Trinajstić information content (AvgIpc) is 2.49. The molecule has 0 aliphatic carbocycles. The van der Waals surface area contributed by atoms with Crippen molar-refractivity contribution in [1.82, 2.24) is 9.97 Å². The van der Waals surface area contributed by atoms with Gasteiger partial charge in [-0.05, 0) is 46.9 Å². The summed E-state index contributed by atoms with van der Waals surface area (Å²) in [7, 11) is 1.82. The molecule has 0 saturated carbocycles. The van der Waals surface area contributed by atoms with Gasteiger partial charge in [-0.1, -0.05) is 24.3 Å². The van der Waals surface area contributed by atoms with Crippen LogP contribution in [0.2, 0.25) is 0 Å². The molecule has 0 aliphatic rings. The van der Waals surface area contributed by atoms with E-state index in [0.717, 1.165) is 26.0 Å². The monoisotopic (exact) mass is 376 g/mol. The molecular formula is C15H13IN4. The molecular weight excluding hydrogens is 363 g/mol. The Morgan fingerprint density at radius 3 is 2.50 bits per heavy atom. The Bertz CT molecular complexity index is 758. The predicted octanol–water partition coefficient (Wildman–Crippen LogP) is 4.02. The molecule has 0 spiro atoms. The van der Waals surface area contributed by atoms with Crippen molar-refractivity contribution in [2.75, 3.05) is 17.7 Å². The molecule has 3 rings (SSSR count). The van der Waals surface area contributed by atoms with Crippen LogP contribution in [0.25, 0.3) is 10.9 Å². The van der Waals surface area contributed by atoms with Gasteiger partial charge in [-0.2, -0.15) is 4.98 Å². The molecule has 1 aromatic heterocycles. The topological polar surface area (TPSA) is 49.8 Å². The van der Waals surface area contributed by atoms with Crippen LogP contribution < -0.4 is 10.6 Å². The standard InChI is InChI=1S/C15H13IN4/c1-17-15-19-12-8-4-2-6-10(12)14(20-15)18-13-9-5-3-7-11(13)16/h2-9H,1H3,(H2,17,18,19,20). The molecule has 2 N–H and O–H groups in total. The summed E-state index contributed by atoms with van der Waals surface area (Å²) in [6, 6.07) is 16.1. The third-order valence-corrected chi connectivity index (χ3v) is 3.89. The minimum atomic E-state index is 0.608. The fourth-order valence-corrected chi connectivity index (χ4v) is 2.50. The lowest BCUT2D eigenvalue weighted by molar-refractivity contribution is 1.19. The van der Waals surface area contributed by atoms with Gasteiger partial charge in [0.1, 0.15) is 5.82 Å². The molecule has 0 fully saturated rings. The van der Waals surface area contributed by atoms with Crippen molar-refractivity contribution in [3.05, 3.63) is 52.1 Å². The molecule has 0 saturated heterocycles. The molecule has 0 amide bonds. The Hall–Kier alpha value is -1.89. The third-order valence-electron chi connectivity index (χ3n) is 2.95. The first-order chi connectivity index (χ1) is 9.78. The maximum Gasteiger partial charge on any atom is 0.224 e. The largest absolute Gasteiger partial charge is 0.357 e. The average molecular weight is 376 g/mol. The van der Waals surface area contributed by atoms with Crippen molar-refractivity contribution in [2.45, 2.75) is 0 Å². The van der Waals surface area contributed by atoms with Gasteiger partial charge in [0.25, 0.3) is 0 Å². The van der Waals surface area contributed by atoms with Crippen molar-refractivity contribution in [3.8, 4) is 0 Å². The van der Waals surface area contributed by atoms with Gasteiger partial charge in [0.15, 0.2) is 0 Å². The van der Waals surface area contributed by atoms with Crippen LogP contribution in [-0.2, 0) is 0 Å². The fraction of sp³-hybridized carbons (Fsp3) is 0.0667. The summed E-state index contributed by atoms with van der Waals surface area (Å²) in [5, 5.41) is 7.39. The number of aromatic nitrogens is 2. The van der Waals surface area contributed by atoms with Gasteiger partial charge >= 0.3 is 0 Å². The van der Waals surface area contributed by atoms with E-state index in [1.54, 1.807) is 0 Å². The Morgan fingerprint density at radius 2 is 1.70 bits per heavy atom. The van der Waals surface area contributed by atoms with Crippen LogP contribution in [0.5, 0.6) is 0 Å². The summed E-state index contributed by atoms with van der Waals surface area (Å²) in [6.45, 7) is 0. The number of rotatable bonds is 3. The first-order valence-corrected chi connectivity index (χ1v) is 7.32. The fourth-order valence-electron chi connectivity index (χ4n) is 1.97. The molecule has 0 atom stereocenters. The van der Waals surface area contributed by atoms with Crippen LogP contribution in [0.4, 0.5) is 17.5 Å². The molecule has 0 bridgehead atoms. The lowest BCUT2D eigenvalue weighted by Crippen LogP contribution is -2.02. The van der Waals surface area contributed by atoms with Gasteiger partial charge in [0.05, 0.1) is 11.2 Å². The molecule has 4 nitrogen and oxygen atoms in total. The summed E-state index contributed by atoms with van der Waals surface area (Å²) >= 11 is 2.31. The third kappa shape index (κ3) is 2.53. The minimum absolute atomic E-state index is 0.608. The molecule has 0 aliphatic heterocycles. The van der Waals surface area contributed by atoms with Crippen molar-refractivity contribution in [3.63, 3.8) is 0 Å². The van der Waals surface area contributed by atoms with Gasteiger partial charge in [-0.15, -0.1) is 0 Å². The summed E-state index contributed by atoms with van der Waals surface area (Å²) < 4.78 is 1.15. The van der Waals surface area contributed by atoms with Crippen LogP contribution in [0.3, 0.4) is 0 Å². The van der Waals surface area contributed by atoms with Gasteiger partial charge in [-0.25, -0.2) is 4.98 Å². The van der Waals surface area contributed by atoms with E-state index in [1.165, 1.54) is 0 Å². The summed E-state index contributed by atoms with van der Waals surface area (Å²) in [4.78, 5) is 8.97. The number of hydrogen-bond acceptors (Lipinski definition) is 4. The highest BCUT2D eigenvalue weighted by Gasteiger charge is 2.08. The van der Waals surface area contributed by atoms with Crippen LogP contribution >= 0.6 is 22.6 Å². The smallest absolute Gasteiger partial charge is 0.224 e. The van der Waals surface area contributed by atoms with E-state index in [9.17, 15) is 0 Å². The highest BCUT2D eigenvalue weighted by molar-refractivity contribution is 14.1. The van der Waals surface area contributed by atoms with Crippen LogP contribution in [0, 0.1) is 3.57 Å². The number of hydrogen-bond donors (Lipinski definition) is 2. The first-order valence-electron chi connectivity index (χ1n) is 6.24. The van der Waals surface area contributed by atoms with E-state index in [4.69, 9.17) is 0 Å². The molecule has 100 valence electrons. The van der Waals surface area contributed by atoms with Crippen molar-refractivity contribution in [1.29, 1.82) is 0 Å². The zero-order valence-corrected chi connectivity index (χ0v) is 13.0. The number of fused-ring (bicyclic) bond motifs is 1. The quantitative estimate of drug-likeness (QED) is 0.678. The normalized spacial score (nSPS) is 10.5. The molecule has 3 aromatic rings. The van der Waals surface area contributed by atoms with E-state index >= 15 is 0 Å². The highest BCUT2D eigenvalue weighted by atomic mass is 127. The van der Waals surface area contributed by atoms with Crippen molar-refractivity contribution >= 4 is 50.9 Å². The Morgan fingerprint density at radius 1 is 0.950 bits per heavy atom. The highest BCUT2D eigenvalue weighted by Crippen LogP contribution is 2.27. The molecule has 1 heterocycles. The van der Waals surface area contributed by atoms with Crippen molar-refractivity contribution in [2.24, 2.45) is 0 Å². The van der Waals surface area contributed by atoms with E-state index in [-0.39, 0.29) is 0 Å². The van der Waals surface area contributed by atoms with Crippen LogP contribution in [0.1, 0.15) is 0 Å². The van der Waals surface area contributed by atoms with Crippen LogP contribution in [0.15, 0.2) is 48.5 Å². The van der Waals surface area contributed by atoms with Gasteiger partial charge in [0, 0.05) is 16.0 Å². The molecule has 0 unspecified atom stereocenters. The Kier molecular flexibility index (Phi) is 3.68. The summed E-state index contributed by atoms with van der Waals surface area (Å²) in [5.74, 6) is 1.42. The summed E-state index contributed by atoms with van der Waals surface area (Å²) in [6.07, 6.45) is 0. The number of para-hydroxylation sites is 2. The van der Waals surface area contributed by atoms with Gasteiger partial charge < -0.3 is 10.6 Å². The molecule has 0 radical (unpaired) electrons. The molecule has 5 heteroatoms. The number of anilines is 3. The zero-order chi connectivity index (χ0) is 13.9. The van der Waals surface area contributed by atoms with E-state index < -0.39 is 0 Å². The van der Waals surface area contributed by atoms with E-state index in [0.29, 0.717) is 5.95 Å². The minimum Gasteiger partial charge on any atom is -0.357 e. The lowest BCUT2D eigenvalue weighted by atomic mass is 10.2. The second kappa shape index (κ2) is 5.62. The molecule has 2 aromatic carbocycles.